The Labute approximate surface area is 100 Å². The fourth-order valence-electron chi connectivity index (χ4n) is 1.92. The Hall–Kier alpha value is -2.03. The maximum atomic E-state index is 5.81. The first-order valence-electron chi connectivity index (χ1n) is 5.79. The molecule has 1 unspecified atom stereocenters. The van der Waals surface area contributed by atoms with Gasteiger partial charge in [-0.3, -0.25) is 4.99 Å². The van der Waals surface area contributed by atoms with Gasteiger partial charge in [-0.1, -0.05) is 30.3 Å². The largest absolute Gasteiger partial charge is 0.453 e. The van der Waals surface area contributed by atoms with Crippen LogP contribution in [0.2, 0.25) is 0 Å². The second kappa shape index (κ2) is 4.09. The predicted octanol–water partition coefficient (Wildman–Crippen LogP) is 2.68. The summed E-state index contributed by atoms with van der Waals surface area (Å²) >= 11 is 0. The van der Waals surface area contributed by atoms with Crippen LogP contribution in [-0.2, 0) is 0 Å². The van der Waals surface area contributed by atoms with Gasteiger partial charge in [0.15, 0.2) is 11.6 Å². The highest BCUT2D eigenvalue weighted by molar-refractivity contribution is 5.98. The molecule has 86 valence electrons. The van der Waals surface area contributed by atoms with Crippen LogP contribution in [0.5, 0.6) is 0 Å². The van der Waals surface area contributed by atoms with Crippen molar-refractivity contribution < 1.29 is 4.42 Å². The fourth-order valence-corrected chi connectivity index (χ4v) is 1.92. The molecule has 1 aromatic heterocycles. The first-order chi connectivity index (χ1) is 8.33. The highest BCUT2D eigenvalue weighted by atomic mass is 16.3. The molecule has 0 spiro atoms. The van der Waals surface area contributed by atoms with Gasteiger partial charge in [0.1, 0.15) is 5.76 Å². The number of aliphatic imine (C=N–C) groups is 1. The zero-order chi connectivity index (χ0) is 11.7. The minimum Gasteiger partial charge on any atom is -0.453 e. The molecule has 1 aromatic carbocycles. The van der Waals surface area contributed by atoms with E-state index >= 15 is 0 Å². The average Bonchev–Trinajstić information content (AvgIpc) is 2.98. The van der Waals surface area contributed by atoms with Crippen LogP contribution in [0, 0.1) is 0 Å². The number of nitrogens with one attached hydrogen (secondary N) is 1. The molecule has 3 heteroatoms. The molecule has 0 bridgehead atoms. The summed E-state index contributed by atoms with van der Waals surface area (Å²) in [5.74, 6) is 2.55. The van der Waals surface area contributed by atoms with Crippen LogP contribution in [0.25, 0.3) is 11.3 Å². The molecule has 1 aliphatic rings. The molecule has 3 rings (SSSR count). The van der Waals surface area contributed by atoms with Crippen LogP contribution in [0.3, 0.4) is 0 Å². The van der Waals surface area contributed by atoms with E-state index in [4.69, 9.17) is 4.42 Å². The molecular weight excluding hydrogens is 212 g/mol. The minimum atomic E-state index is 0.398. The normalized spacial score (nSPS) is 18.9. The summed E-state index contributed by atoms with van der Waals surface area (Å²) in [4.78, 5) is 4.41. The number of furan rings is 1. The maximum absolute atomic E-state index is 5.81. The molecule has 1 atom stereocenters. The third kappa shape index (κ3) is 1.96. The number of nitrogens with zero attached hydrogens (tertiary/aromatic N) is 1. The van der Waals surface area contributed by atoms with Crippen LogP contribution >= 0.6 is 0 Å². The van der Waals surface area contributed by atoms with Gasteiger partial charge in [-0.05, 0) is 19.1 Å². The van der Waals surface area contributed by atoms with Crippen molar-refractivity contribution in [1.29, 1.82) is 0 Å². The van der Waals surface area contributed by atoms with Crippen LogP contribution < -0.4 is 5.32 Å². The van der Waals surface area contributed by atoms with E-state index in [-0.39, 0.29) is 0 Å². The summed E-state index contributed by atoms with van der Waals surface area (Å²) in [5, 5.41) is 3.29. The lowest BCUT2D eigenvalue weighted by molar-refractivity contribution is 0.568. The Morgan fingerprint density at radius 1 is 1.12 bits per heavy atom. The summed E-state index contributed by atoms with van der Waals surface area (Å²) < 4.78 is 5.81. The Balaban J connectivity index is 1.89. The van der Waals surface area contributed by atoms with Crippen molar-refractivity contribution in [2.24, 2.45) is 4.99 Å². The van der Waals surface area contributed by atoms with Gasteiger partial charge in [-0.15, -0.1) is 0 Å². The fraction of sp³-hybridized carbons (Fsp3) is 0.214. The summed E-state index contributed by atoms with van der Waals surface area (Å²) in [6.45, 7) is 2.92. The molecule has 0 fully saturated rings. The Morgan fingerprint density at radius 2 is 1.88 bits per heavy atom. The van der Waals surface area contributed by atoms with Gasteiger partial charge in [-0.25, -0.2) is 0 Å². The molecule has 0 amide bonds. The summed E-state index contributed by atoms with van der Waals surface area (Å²) in [7, 11) is 0. The number of amidine groups is 1. The first kappa shape index (κ1) is 10.1. The Kier molecular flexibility index (Phi) is 2.44. The van der Waals surface area contributed by atoms with E-state index in [0.717, 1.165) is 29.5 Å². The van der Waals surface area contributed by atoms with Gasteiger partial charge in [0, 0.05) is 11.6 Å². The van der Waals surface area contributed by atoms with Crippen LogP contribution in [0.1, 0.15) is 12.7 Å². The number of benzene rings is 1. The van der Waals surface area contributed by atoms with Gasteiger partial charge in [-0.2, -0.15) is 0 Å². The molecule has 0 saturated heterocycles. The van der Waals surface area contributed by atoms with Gasteiger partial charge in [0.05, 0.1) is 6.54 Å². The molecule has 0 aliphatic carbocycles. The molecular formula is C14H14N2O. The van der Waals surface area contributed by atoms with Crippen molar-refractivity contribution in [1.82, 2.24) is 5.32 Å². The molecule has 1 N–H and O–H groups in total. The molecule has 0 saturated carbocycles. The molecule has 3 nitrogen and oxygen atoms in total. The van der Waals surface area contributed by atoms with Crippen molar-refractivity contribution in [2.75, 3.05) is 6.54 Å². The van der Waals surface area contributed by atoms with Crippen molar-refractivity contribution in [3.05, 3.63) is 48.2 Å². The lowest BCUT2D eigenvalue weighted by Crippen LogP contribution is -2.27. The molecule has 17 heavy (non-hydrogen) atoms. The zero-order valence-corrected chi connectivity index (χ0v) is 9.68. The minimum absolute atomic E-state index is 0.398. The van der Waals surface area contributed by atoms with Crippen LogP contribution in [0.15, 0.2) is 51.9 Å². The van der Waals surface area contributed by atoms with E-state index in [0.29, 0.717) is 6.04 Å². The number of hydrogen-bond donors (Lipinski definition) is 1. The third-order valence-corrected chi connectivity index (χ3v) is 2.80. The topological polar surface area (TPSA) is 37.5 Å². The first-order valence-corrected chi connectivity index (χ1v) is 5.79. The Bertz CT molecular complexity index is 542. The number of hydrogen-bond acceptors (Lipinski definition) is 3. The number of rotatable bonds is 2. The van der Waals surface area contributed by atoms with E-state index in [1.54, 1.807) is 0 Å². The van der Waals surface area contributed by atoms with Crippen molar-refractivity contribution in [3.63, 3.8) is 0 Å². The smallest absolute Gasteiger partial charge is 0.169 e. The SMILES string of the molecule is CC1CN=C(c2ccc(-c3ccccc3)o2)N1. The quantitative estimate of drug-likeness (QED) is 0.854. The third-order valence-electron chi connectivity index (χ3n) is 2.80. The van der Waals surface area contributed by atoms with Crippen LogP contribution in [-0.4, -0.2) is 18.4 Å². The molecule has 2 heterocycles. The van der Waals surface area contributed by atoms with E-state index < -0.39 is 0 Å². The second-order valence-corrected chi connectivity index (χ2v) is 4.26. The molecule has 0 radical (unpaired) electrons. The highest BCUT2D eigenvalue weighted by Gasteiger charge is 2.17. The summed E-state index contributed by atoms with van der Waals surface area (Å²) in [6.07, 6.45) is 0. The van der Waals surface area contributed by atoms with E-state index in [1.165, 1.54) is 0 Å². The summed E-state index contributed by atoms with van der Waals surface area (Å²) in [5.41, 5.74) is 1.09. The van der Waals surface area contributed by atoms with Gasteiger partial charge in [0.2, 0.25) is 0 Å². The van der Waals surface area contributed by atoms with Crippen molar-refractivity contribution >= 4 is 5.84 Å². The van der Waals surface area contributed by atoms with Crippen molar-refractivity contribution in [3.8, 4) is 11.3 Å². The Morgan fingerprint density at radius 3 is 2.59 bits per heavy atom. The van der Waals surface area contributed by atoms with Gasteiger partial charge < -0.3 is 9.73 Å². The lowest BCUT2D eigenvalue weighted by atomic mass is 10.2. The van der Waals surface area contributed by atoms with E-state index in [1.807, 2.05) is 42.5 Å². The van der Waals surface area contributed by atoms with Crippen molar-refractivity contribution in [2.45, 2.75) is 13.0 Å². The summed E-state index contributed by atoms with van der Waals surface area (Å²) in [6, 6.07) is 14.4. The second-order valence-electron chi connectivity index (χ2n) is 4.26. The molecule has 1 aliphatic heterocycles. The predicted molar refractivity (Wildman–Crippen MR) is 68.1 cm³/mol. The van der Waals surface area contributed by atoms with E-state index in [2.05, 4.69) is 17.2 Å². The molecule has 2 aromatic rings. The maximum Gasteiger partial charge on any atom is 0.169 e. The lowest BCUT2D eigenvalue weighted by Gasteiger charge is -2.02. The van der Waals surface area contributed by atoms with Gasteiger partial charge >= 0.3 is 0 Å². The highest BCUT2D eigenvalue weighted by Crippen LogP contribution is 2.22. The van der Waals surface area contributed by atoms with Gasteiger partial charge in [0.25, 0.3) is 0 Å². The standard InChI is InChI=1S/C14H14N2O/c1-10-9-15-14(16-10)13-8-7-12(17-13)11-5-3-2-4-6-11/h2-8,10H,9H2,1H3,(H,15,16). The van der Waals surface area contributed by atoms with E-state index in [9.17, 15) is 0 Å². The zero-order valence-electron chi connectivity index (χ0n) is 9.68. The van der Waals surface area contributed by atoms with Crippen LogP contribution in [0.4, 0.5) is 0 Å². The monoisotopic (exact) mass is 226 g/mol. The average molecular weight is 226 g/mol.